The van der Waals surface area contributed by atoms with Crippen LogP contribution in [0.15, 0.2) is 4.99 Å². The van der Waals surface area contributed by atoms with Crippen LogP contribution in [0, 0.1) is 5.92 Å². The van der Waals surface area contributed by atoms with E-state index in [4.69, 9.17) is 4.74 Å². The molecule has 7 heteroatoms. The molecular weight excluding hydrogens is 294 g/mol. The molecular formula is C16H33N5O2. The first kappa shape index (κ1) is 19.7. The lowest BCUT2D eigenvalue weighted by molar-refractivity contribution is -0.121. The molecule has 134 valence electrons. The average molecular weight is 327 g/mol. The lowest BCUT2D eigenvalue weighted by Crippen LogP contribution is -2.47. The molecule has 0 bridgehead atoms. The summed E-state index contributed by atoms with van der Waals surface area (Å²) < 4.78 is 5.08. The number of likely N-dealkylation sites (N-methyl/N-ethyl adjacent to an activating group) is 1. The predicted molar refractivity (Wildman–Crippen MR) is 93.7 cm³/mol. The minimum absolute atomic E-state index is 0.144. The van der Waals surface area contributed by atoms with Gasteiger partial charge in [0.1, 0.15) is 0 Å². The molecule has 1 aliphatic heterocycles. The van der Waals surface area contributed by atoms with Crippen molar-refractivity contribution in [2.75, 3.05) is 67.6 Å². The summed E-state index contributed by atoms with van der Waals surface area (Å²) in [4.78, 5) is 20.4. The summed E-state index contributed by atoms with van der Waals surface area (Å²) in [6.07, 6.45) is 2.73. The number of hydrogen-bond acceptors (Lipinski definition) is 4. The molecule has 0 radical (unpaired) electrons. The van der Waals surface area contributed by atoms with E-state index in [1.54, 1.807) is 14.2 Å². The number of methoxy groups -OCH3 is 1. The number of amides is 1. The smallest absolute Gasteiger partial charge is 0.220 e. The van der Waals surface area contributed by atoms with Crippen LogP contribution < -0.4 is 10.6 Å². The number of likely N-dealkylation sites (tertiary alicyclic amines) is 1. The minimum atomic E-state index is 0.144. The van der Waals surface area contributed by atoms with Gasteiger partial charge in [-0.1, -0.05) is 0 Å². The zero-order chi connectivity index (χ0) is 17.1. The monoisotopic (exact) mass is 327 g/mol. The first-order valence-electron chi connectivity index (χ1n) is 8.44. The van der Waals surface area contributed by atoms with Crippen molar-refractivity contribution in [1.82, 2.24) is 20.4 Å². The lowest BCUT2D eigenvalue weighted by Gasteiger charge is -2.34. The number of nitrogens with zero attached hydrogens (tertiary/aromatic N) is 3. The Morgan fingerprint density at radius 2 is 2.04 bits per heavy atom. The third kappa shape index (κ3) is 7.65. The molecule has 0 spiro atoms. The molecule has 0 unspecified atom stereocenters. The van der Waals surface area contributed by atoms with E-state index in [1.165, 1.54) is 0 Å². The zero-order valence-electron chi connectivity index (χ0n) is 15.1. The third-order valence-electron chi connectivity index (χ3n) is 4.33. The first-order chi connectivity index (χ1) is 11.1. The Morgan fingerprint density at radius 3 is 2.61 bits per heavy atom. The van der Waals surface area contributed by atoms with Gasteiger partial charge in [-0.05, 0) is 25.8 Å². The van der Waals surface area contributed by atoms with E-state index >= 15 is 0 Å². The topological polar surface area (TPSA) is 69.2 Å². The number of carbonyl (C=O) groups is 1. The summed E-state index contributed by atoms with van der Waals surface area (Å²) in [6.45, 7) is 5.42. The van der Waals surface area contributed by atoms with Crippen LogP contribution in [0.4, 0.5) is 0 Å². The van der Waals surface area contributed by atoms with Crippen LogP contribution in [0.1, 0.15) is 19.3 Å². The van der Waals surface area contributed by atoms with Gasteiger partial charge in [-0.2, -0.15) is 0 Å². The molecule has 0 aromatic rings. The van der Waals surface area contributed by atoms with Crippen molar-refractivity contribution >= 4 is 11.9 Å². The summed E-state index contributed by atoms with van der Waals surface area (Å²) >= 11 is 0. The fraction of sp³-hybridized carbons (Fsp3) is 0.875. The maximum Gasteiger partial charge on any atom is 0.220 e. The molecule has 2 N–H and O–H groups in total. The summed E-state index contributed by atoms with van der Waals surface area (Å²) in [5.74, 6) is 1.60. The molecule has 1 amide bonds. The average Bonchev–Trinajstić information content (AvgIpc) is 2.57. The van der Waals surface area contributed by atoms with Crippen LogP contribution in [0.3, 0.4) is 0 Å². The Balaban J connectivity index is 2.27. The second-order valence-electron chi connectivity index (χ2n) is 6.08. The molecule has 0 aromatic heterocycles. The number of carbonyl (C=O) groups excluding carboxylic acids is 1. The Kier molecular flexibility index (Phi) is 9.63. The van der Waals surface area contributed by atoms with Gasteiger partial charge >= 0.3 is 0 Å². The van der Waals surface area contributed by atoms with Gasteiger partial charge < -0.3 is 25.2 Å². The van der Waals surface area contributed by atoms with Crippen LogP contribution in [-0.4, -0.2) is 89.3 Å². The van der Waals surface area contributed by atoms with Crippen molar-refractivity contribution < 1.29 is 9.53 Å². The van der Waals surface area contributed by atoms with E-state index in [1.807, 2.05) is 7.05 Å². The lowest BCUT2D eigenvalue weighted by atomic mass is 9.93. The number of nitrogens with one attached hydrogen (secondary N) is 2. The molecule has 1 rings (SSSR count). The molecule has 0 aromatic carbocycles. The molecule has 0 aliphatic carbocycles. The summed E-state index contributed by atoms with van der Waals surface area (Å²) in [5, 5.41) is 6.14. The number of guanidine groups is 1. The number of ether oxygens (including phenoxy) is 1. The maximum atomic E-state index is 11.5. The Labute approximate surface area is 140 Å². The van der Waals surface area contributed by atoms with Gasteiger partial charge in [-0.3, -0.25) is 9.79 Å². The van der Waals surface area contributed by atoms with E-state index in [0.717, 1.165) is 58.1 Å². The quantitative estimate of drug-likeness (QED) is 0.485. The minimum Gasteiger partial charge on any atom is -0.383 e. The number of piperidine rings is 1. The highest BCUT2D eigenvalue weighted by molar-refractivity contribution is 5.80. The Morgan fingerprint density at radius 1 is 1.35 bits per heavy atom. The van der Waals surface area contributed by atoms with E-state index in [2.05, 4.69) is 32.5 Å². The Bertz CT molecular complexity index is 367. The van der Waals surface area contributed by atoms with Crippen molar-refractivity contribution in [3.8, 4) is 0 Å². The molecule has 1 fully saturated rings. The highest BCUT2D eigenvalue weighted by Gasteiger charge is 2.22. The van der Waals surface area contributed by atoms with Crippen molar-refractivity contribution in [3.63, 3.8) is 0 Å². The van der Waals surface area contributed by atoms with Gasteiger partial charge in [0.05, 0.1) is 6.61 Å². The highest BCUT2D eigenvalue weighted by atomic mass is 16.5. The third-order valence-corrected chi connectivity index (χ3v) is 4.33. The van der Waals surface area contributed by atoms with E-state index < -0.39 is 0 Å². The number of aliphatic imine (C=N–C) groups is 1. The molecule has 1 saturated heterocycles. The summed E-state index contributed by atoms with van der Waals surface area (Å²) in [6, 6.07) is 0. The second-order valence-corrected chi connectivity index (χ2v) is 6.08. The fourth-order valence-corrected chi connectivity index (χ4v) is 2.76. The molecule has 0 atom stereocenters. The maximum absolute atomic E-state index is 11.5. The summed E-state index contributed by atoms with van der Waals surface area (Å²) in [5.41, 5.74) is 0. The van der Waals surface area contributed by atoms with Gasteiger partial charge in [0, 0.05) is 60.3 Å². The molecule has 1 aliphatic rings. The van der Waals surface area contributed by atoms with Crippen molar-refractivity contribution in [3.05, 3.63) is 0 Å². The van der Waals surface area contributed by atoms with E-state index in [-0.39, 0.29) is 5.91 Å². The number of rotatable bonds is 8. The van der Waals surface area contributed by atoms with Crippen LogP contribution >= 0.6 is 0 Å². The highest BCUT2D eigenvalue weighted by Crippen LogP contribution is 2.20. The van der Waals surface area contributed by atoms with E-state index in [0.29, 0.717) is 12.3 Å². The van der Waals surface area contributed by atoms with Gasteiger partial charge in [-0.25, -0.2) is 0 Å². The van der Waals surface area contributed by atoms with Crippen LogP contribution in [0.25, 0.3) is 0 Å². The fourth-order valence-electron chi connectivity index (χ4n) is 2.76. The Hall–Kier alpha value is -1.34. The van der Waals surface area contributed by atoms with Crippen LogP contribution in [0.5, 0.6) is 0 Å². The molecule has 1 heterocycles. The largest absolute Gasteiger partial charge is 0.383 e. The SMILES string of the molecule is CN=C(NCCN(C)CCOC)N1CCC(CC(=O)NC)CC1. The zero-order valence-corrected chi connectivity index (χ0v) is 15.1. The van der Waals surface area contributed by atoms with Gasteiger partial charge in [-0.15, -0.1) is 0 Å². The van der Waals surface area contributed by atoms with E-state index in [9.17, 15) is 4.79 Å². The second kappa shape index (κ2) is 11.2. The van der Waals surface area contributed by atoms with Gasteiger partial charge in [0.2, 0.25) is 5.91 Å². The van der Waals surface area contributed by atoms with Crippen LogP contribution in [0.2, 0.25) is 0 Å². The van der Waals surface area contributed by atoms with Crippen molar-refractivity contribution in [2.45, 2.75) is 19.3 Å². The molecule has 0 saturated carbocycles. The van der Waals surface area contributed by atoms with Crippen molar-refractivity contribution in [2.24, 2.45) is 10.9 Å². The van der Waals surface area contributed by atoms with Crippen molar-refractivity contribution in [1.29, 1.82) is 0 Å². The van der Waals surface area contributed by atoms with Gasteiger partial charge in [0.25, 0.3) is 0 Å². The first-order valence-corrected chi connectivity index (χ1v) is 8.44. The molecule has 7 nitrogen and oxygen atoms in total. The predicted octanol–water partition coefficient (Wildman–Crippen LogP) is -0.0119. The van der Waals surface area contributed by atoms with Gasteiger partial charge in [0.15, 0.2) is 5.96 Å². The normalized spacial score (nSPS) is 16.7. The van der Waals surface area contributed by atoms with Crippen LogP contribution in [-0.2, 0) is 9.53 Å². The molecule has 23 heavy (non-hydrogen) atoms. The standard InChI is InChI=1S/C16H33N5O2/c1-17-15(22)13-14-5-8-21(9-6-14)16(18-2)19-7-10-20(3)11-12-23-4/h14H,5-13H2,1-4H3,(H,17,22)(H,18,19). The number of hydrogen-bond donors (Lipinski definition) is 2. The summed E-state index contributed by atoms with van der Waals surface area (Å²) in [7, 11) is 7.34.